The third-order valence-corrected chi connectivity index (χ3v) is 6.24. The Morgan fingerprint density at radius 2 is 2.00 bits per heavy atom. The molecule has 4 heterocycles. The zero-order chi connectivity index (χ0) is 27.5. The van der Waals surface area contributed by atoms with E-state index in [1.54, 1.807) is 19.2 Å². The van der Waals surface area contributed by atoms with Crippen molar-refractivity contribution in [3.8, 4) is 29.0 Å². The minimum atomic E-state index is -0.733. The Kier molecular flexibility index (Phi) is 7.17. The monoisotopic (exact) mass is 524 g/mol. The number of imidazole rings is 2. The third kappa shape index (κ3) is 5.39. The Hall–Kier alpha value is -4.88. The van der Waals surface area contributed by atoms with Crippen molar-refractivity contribution in [2.75, 3.05) is 6.61 Å². The maximum Gasteiger partial charge on any atom is 0.269 e. The van der Waals surface area contributed by atoms with Crippen molar-refractivity contribution in [3.63, 3.8) is 0 Å². The lowest BCUT2D eigenvalue weighted by Gasteiger charge is -2.12. The van der Waals surface area contributed by atoms with E-state index < -0.39 is 12.0 Å². The van der Waals surface area contributed by atoms with Crippen molar-refractivity contribution in [2.45, 2.75) is 40.0 Å². The van der Waals surface area contributed by atoms with Crippen molar-refractivity contribution in [1.82, 2.24) is 24.3 Å². The fraction of sp³-hybridized carbons (Fsp3) is 0.241. The molecule has 0 radical (unpaired) electrons. The SMILES string of the molecule is Cc1ccno1.Cc1nc2ccccc2n1Cc1c(C(N)=O)nc2n1CCOc1ccc(C#CC(C)O)cc1-2. The van der Waals surface area contributed by atoms with E-state index in [2.05, 4.69) is 36.1 Å². The standard InChI is InChI=1S/C25H23N5O3.C4H5NO/c1-15(31)7-8-17-9-10-22-18(13-17)25-28-23(24(26)32)21(29(25)11-12-33-22)14-30-16(2)27-19-5-3-4-6-20(19)30;1-4-2-3-5-6-4/h3-6,9-10,13,15,31H,11-12,14H2,1-2H3,(H2,26,32);2-3H,1H3. The van der Waals surface area contributed by atoms with Gasteiger partial charge in [-0.2, -0.15) is 0 Å². The largest absolute Gasteiger partial charge is 0.491 e. The molecule has 0 fully saturated rings. The number of hydrogen-bond donors (Lipinski definition) is 2. The third-order valence-electron chi connectivity index (χ3n) is 6.24. The van der Waals surface area contributed by atoms with E-state index in [9.17, 15) is 9.90 Å². The fourth-order valence-electron chi connectivity index (χ4n) is 4.46. The summed E-state index contributed by atoms with van der Waals surface area (Å²) in [6.45, 7) is 6.74. The number of aliphatic hydroxyl groups excluding tert-OH is 1. The number of rotatable bonds is 3. The number of amides is 1. The molecule has 3 N–H and O–H groups in total. The van der Waals surface area contributed by atoms with Crippen LogP contribution in [0.3, 0.4) is 0 Å². The smallest absolute Gasteiger partial charge is 0.269 e. The van der Waals surface area contributed by atoms with Crippen molar-refractivity contribution in [3.05, 3.63) is 83.3 Å². The molecule has 1 aliphatic heterocycles. The molecule has 10 heteroatoms. The Balaban J connectivity index is 0.000000455. The molecule has 0 saturated heterocycles. The first-order valence-corrected chi connectivity index (χ1v) is 12.5. The second kappa shape index (κ2) is 10.8. The minimum Gasteiger partial charge on any atom is -0.491 e. The number of aryl methyl sites for hydroxylation is 2. The summed E-state index contributed by atoms with van der Waals surface area (Å²) in [5.41, 5.74) is 10.0. The highest BCUT2D eigenvalue weighted by Gasteiger charge is 2.26. The molecule has 1 atom stereocenters. The van der Waals surface area contributed by atoms with Gasteiger partial charge in [-0.3, -0.25) is 4.79 Å². The van der Waals surface area contributed by atoms with E-state index in [0.29, 0.717) is 42.5 Å². The number of aromatic nitrogens is 5. The van der Waals surface area contributed by atoms with Crippen LogP contribution >= 0.6 is 0 Å². The number of para-hydroxylation sites is 2. The average Bonchev–Trinajstić information content (AvgIpc) is 3.58. The molecule has 5 aromatic rings. The van der Waals surface area contributed by atoms with Gasteiger partial charge in [0.15, 0.2) is 5.69 Å². The van der Waals surface area contributed by atoms with Crippen LogP contribution in [-0.2, 0) is 13.1 Å². The van der Waals surface area contributed by atoms with Crippen LogP contribution in [-0.4, -0.2) is 48.0 Å². The van der Waals surface area contributed by atoms with Gasteiger partial charge in [0.2, 0.25) is 0 Å². The Bertz CT molecular complexity index is 1700. The van der Waals surface area contributed by atoms with E-state index in [1.807, 2.05) is 60.9 Å². The lowest BCUT2D eigenvalue weighted by atomic mass is 10.1. The van der Waals surface area contributed by atoms with Gasteiger partial charge < -0.3 is 29.2 Å². The number of ether oxygens (including phenoxy) is 1. The van der Waals surface area contributed by atoms with Crippen molar-refractivity contribution < 1.29 is 19.2 Å². The molecule has 10 nitrogen and oxygen atoms in total. The predicted octanol–water partition coefficient (Wildman–Crippen LogP) is 3.46. The van der Waals surface area contributed by atoms with Gasteiger partial charge >= 0.3 is 0 Å². The van der Waals surface area contributed by atoms with Gasteiger partial charge in [0, 0.05) is 11.6 Å². The van der Waals surface area contributed by atoms with Crippen LogP contribution in [0.4, 0.5) is 0 Å². The first-order chi connectivity index (χ1) is 18.8. The Labute approximate surface area is 225 Å². The highest BCUT2D eigenvalue weighted by atomic mass is 16.5. The summed E-state index contributed by atoms with van der Waals surface area (Å²) in [5.74, 6) is 8.08. The molecule has 1 amide bonds. The summed E-state index contributed by atoms with van der Waals surface area (Å²) < 4.78 is 14.6. The van der Waals surface area contributed by atoms with Crippen LogP contribution in [0.1, 0.15) is 40.3 Å². The lowest BCUT2D eigenvalue weighted by molar-refractivity contribution is 0.0994. The number of carbonyl (C=O) groups is 1. The topological polar surface area (TPSA) is 134 Å². The highest BCUT2D eigenvalue weighted by molar-refractivity contribution is 5.93. The molecular formula is C29H28N6O4. The highest BCUT2D eigenvalue weighted by Crippen LogP contribution is 2.35. The number of benzene rings is 2. The number of aliphatic hydroxyl groups is 1. The maximum absolute atomic E-state index is 12.4. The summed E-state index contributed by atoms with van der Waals surface area (Å²) in [7, 11) is 0. The van der Waals surface area contributed by atoms with Gasteiger partial charge in [-0.1, -0.05) is 29.1 Å². The second-order valence-corrected chi connectivity index (χ2v) is 9.11. The van der Waals surface area contributed by atoms with Crippen LogP contribution in [0.2, 0.25) is 0 Å². The molecule has 0 spiro atoms. The molecule has 0 bridgehead atoms. The van der Waals surface area contributed by atoms with Gasteiger partial charge in [0.05, 0.1) is 41.6 Å². The fourth-order valence-corrected chi connectivity index (χ4v) is 4.46. The summed E-state index contributed by atoms with van der Waals surface area (Å²) in [4.78, 5) is 21.7. The molecule has 198 valence electrons. The van der Waals surface area contributed by atoms with Gasteiger partial charge in [-0.25, -0.2) is 9.97 Å². The van der Waals surface area contributed by atoms with Crippen LogP contribution < -0.4 is 10.5 Å². The van der Waals surface area contributed by atoms with E-state index >= 15 is 0 Å². The molecule has 0 saturated carbocycles. The zero-order valence-electron chi connectivity index (χ0n) is 21.9. The van der Waals surface area contributed by atoms with Gasteiger partial charge in [-0.15, -0.1) is 0 Å². The van der Waals surface area contributed by atoms with Crippen LogP contribution in [0.25, 0.3) is 22.4 Å². The number of fused-ring (bicyclic) bond motifs is 4. The lowest BCUT2D eigenvalue weighted by Crippen LogP contribution is -2.19. The second-order valence-electron chi connectivity index (χ2n) is 9.11. The molecule has 6 rings (SSSR count). The van der Waals surface area contributed by atoms with E-state index in [0.717, 1.165) is 28.2 Å². The van der Waals surface area contributed by atoms with Crippen molar-refractivity contribution >= 4 is 16.9 Å². The minimum absolute atomic E-state index is 0.232. The summed E-state index contributed by atoms with van der Waals surface area (Å²) in [6.07, 6.45) is 0.887. The summed E-state index contributed by atoms with van der Waals surface area (Å²) >= 11 is 0. The Morgan fingerprint density at radius 3 is 2.69 bits per heavy atom. The van der Waals surface area contributed by atoms with Gasteiger partial charge in [0.1, 0.15) is 35.9 Å². The number of nitrogens with two attached hydrogens (primary N) is 1. The first-order valence-electron chi connectivity index (χ1n) is 12.5. The quantitative estimate of drug-likeness (QED) is 0.345. The van der Waals surface area contributed by atoms with Gasteiger partial charge in [0.25, 0.3) is 5.91 Å². The average molecular weight is 525 g/mol. The molecule has 3 aromatic heterocycles. The number of nitrogens with zero attached hydrogens (tertiary/aromatic N) is 5. The van der Waals surface area contributed by atoms with Gasteiger partial charge in [-0.05, 0) is 51.1 Å². The molecule has 2 aromatic carbocycles. The van der Waals surface area contributed by atoms with Crippen LogP contribution in [0, 0.1) is 25.7 Å². The van der Waals surface area contributed by atoms with Crippen LogP contribution in [0.15, 0.2) is 59.3 Å². The van der Waals surface area contributed by atoms with Crippen molar-refractivity contribution in [1.29, 1.82) is 0 Å². The molecule has 39 heavy (non-hydrogen) atoms. The Morgan fingerprint density at radius 1 is 1.18 bits per heavy atom. The van der Waals surface area contributed by atoms with Crippen molar-refractivity contribution in [2.24, 2.45) is 5.73 Å². The van der Waals surface area contributed by atoms with E-state index in [1.165, 1.54) is 0 Å². The summed E-state index contributed by atoms with van der Waals surface area (Å²) in [6, 6.07) is 15.2. The number of carbonyl (C=O) groups excluding carboxylic acids is 1. The normalized spacial score (nSPS) is 12.6. The molecular weight excluding hydrogens is 496 g/mol. The van der Waals surface area contributed by atoms with E-state index in [-0.39, 0.29) is 5.69 Å². The molecule has 0 aliphatic carbocycles. The number of hydrogen-bond acceptors (Lipinski definition) is 7. The molecule has 1 unspecified atom stereocenters. The molecule has 1 aliphatic rings. The maximum atomic E-state index is 12.4. The zero-order valence-corrected chi connectivity index (χ0v) is 21.9. The first kappa shape index (κ1) is 25.8. The van der Waals surface area contributed by atoms with Crippen LogP contribution in [0.5, 0.6) is 5.75 Å². The number of primary amides is 1. The van der Waals surface area contributed by atoms with E-state index in [4.69, 9.17) is 10.5 Å². The predicted molar refractivity (Wildman–Crippen MR) is 145 cm³/mol. The summed E-state index contributed by atoms with van der Waals surface area (Å²) in [5, 5.41) is 12.9.